The summed E-state index contributed by atoms with van der Waals surface area (Å²) in [6, 6.07) is 0. The Labute approximate surface area is 103 Å². The molecule has 4 heteroatoms. The van der Waals surface area contributed by atoms with Crippen LogP contribution in [0.1, 0.15) is 70.6 Å². The Kier molecular flexibility index (Phi) is 6.10. The first-order valence-electron chi connectivity index (χ1n) is 6.48. The standard InChI is InChI=1S/C12H22ClNO2/c13-12(14(15)16)10-8-6-4-2-1-3-5-7-9-11-12/h1-11H2. The molecule has 16 heavy (non-hydrogen) atoms. The number of hydrogen-bond acceptors (Lipinski definition) is 2. The molecule has 1 saturated carbocycles. The van der Waals surface area contributed by atoms with E-state index in [9.17, 15) is 10.1 Å². The lowest BCUT2D eigenvalue weighted by Gasteiger charge is -2.19. The van der Waals surface area contributed by atoms with Gasteiger partial charge in [0, 0.05) is 17.8 Å². The number of hydrogen-bond donors (Lipinski definition) is 0. The molecular weight excluding hydrogens is 226 g/mol. The summed E-state index contributed by atoms with van der Waals surface area (Å²) in [5.41, 5.74) is 0. The van der Waals surface area contributed by atoms with Crippen molar-refractivity contribution in [1.82, 2.24) is 0 Å². The van der Waals surface area contributed by atoms with Crippen LogP contribution in [0.25, 0.3) is 0 Å². The van der Waals surface area contributed by atoms with Crippen LogP contribution in [0.3, 0.4) is 0 Å². The van der Waals surface area contributed by atoms with Crippen molar-refractivity contribution < 1.29 is 4.92 Å². The molecule has 0 unspecified atom stereocenters. The molecule has 0 radical (unpaired) electrons. The number of halogens is 1. The van der Waals surface area contributed by atoms with E-state index in [-0.39, 0.29) is 4.92 Å². The van der Waals surface area contributed by atoms with Gasteiger partial charge in [0.15, 0.2) is 0 Å². The first-order chi connectivity index (χ1) is 7.65. The van der Waals surface area contributed by atoms with Gasteiger partial charge in [-0.3, -0.25) is 10.1 Å². The molecule has 0 bridgehead atoms. The summed E-state index contributed by atoms with van der Waals surface area (Å²) in [7, 11) is 0. The minimum absolute atomic E-state index is 0.277. The van der Waals surface area contributed by atoms with Gasteiger partial charge in [0.25, 0.3) is 5.00 Å². The molecule has 0 aliphatic heterocycles. The van der Waals surface area contributed by atoms with Crippen LogP contribution in [0.15, 0.2) is 0 Å². The maximum Gasteiger partial charge on any atom is 0.294 e. The maximum atomic E-state index is 11.0. The monoisotopic (exact) mass is 247 g/mol. The summed E-state index contributed by atoms with van der Waals surface area (Å²) in [6.45, 7) is 0. The van der Waals surface area contributed by atoms with Crippen molar-refractivity contribution in [3.8, 4) is 0 Å². The highest BCUT2D eigenvalue weighted by atomic mass is 35.5. The molecule has 0 aromatic carbocycles. The van der Waals surface area contributed by atoms with Crippen LogP contribution in [0.5, 0.6) is 0 Å². The molecule has 1 fully saturated rings. The number of rotatable bonds is 1. The average molecular weight is 248 g/mol. The molecule has 0 saturated heterocycles. The third-order valence-electron chi connectivity index (χ3n) is 3.45. The zero-order valence-electron chi connectivity index (χ0n) is 9.92. The number of alkyl halides is 1. The van der Waals surface area contributed by atoms with E-state index in [1.807, 2.05) is 0 Å². The van der Waals surface area contributed by atoms with Crippen LogP contribution in [0, 0.1) is 10.1 Å². The van der Waals surface area contributed by atoms with Gasteiger partial charge in [0.1, 0.15) is 0 Å². The van der Waals surface area contributed by atoms with E-state index in [0.717, 1.165) is 25.7 Å². The third-order valence-corrected chi connectivity index (χ3v) is 3.96. The van der Waals surface area contributed by atoms with Crippen LogP contribution in [0.2, 0.25) is 0 Å². The van der Waals surface area contributed by atoms with E-state index in [1.54, 1.807) is 0 Å². The van der Waals surface area contributed by atoms with Crippen molar-refractivity contribution in [1.29, 1.82) is 0 Å². The molecule has 0 aromatic rings. The van der Waals surface area contributed by atoms with Crippen LogP contribution < -0.4 is 0 Å². The molecule has 1 aliphatic rings. The van der Waals surface area contributed by atoms with E-state index in [1.165, 1.54) is 32.1 Å². The summed E-state index contributed by atoms with van der Waals surface area (Å²) < 4.78 is 0. The highest BCUT2D eigenvalue weighted by Gasteiger charge is 2.38. The molecule has 0 atom stereocenters. The number of nitro groups is 1. The second kappa shape index (κ2) is 7.10. The molecule has 1 aliphatic carbocycles. The van der Waals surface area contributed by atoms with Gasteiger partial charge >= 0.3 is 0 Å². The molecule has 1 rings (SSSR count). The normalized spacial score (nSPS) is 24.1. The van der Waals surface area contributed by atoms with Crippen LogP contribution in [-0.4, -0.2) is 9.92 Å². The van der Waals surface area contributed by atoms with Crippen LogP contribution in [-0.2, 0) is 0 Å². The Balaban J connectivity index is 2.45. The van der Waals surface area contributed by atoms with Crippen molar-refractivity contribution in [2.45, 2.75) is 75.6 Å². The Hall–Kier alpha value is -0.310. The summed E-state index contributed by atoms with van der Waals surface area (Å²) in [5, 5.41) is 11.0. The average Bonchev–Trinajstić information content (AvgIpc) is 2.23. The van der Waals surface area contributed by atoms with Crippen molar-refractivity contribution in [3.05, 3.63) is 10.1 Å². The Morgan fingerprint density at radius 1 is 0.812 bits per heavy atom. The summed E-state index contributed by atoms with van der Waals surface area (Å²) in [4.78, 5) is 9.51. The van der Waals surface area contributed by atoms with Crippen LogP contribution >= 0.6 is 11.6 Å². The smallest absolute Gasteiger partial charge is 0.263 e. The predicted octanol–water partition coefficient (Wildman–Crippen LogP) is 4.50. The maximum absolute atomic E-state index is 11.0. The Morgan fingerprint density at radius 3 is 1.44 bits per heavy atom. The quantitative estimate of drug-likeness (QED) is 0.296. The van der Waals surface area contributed by atoms with E-state index in [0.29, 0.717) is 12.8 Å². The van der Waals surface area contributed by atoms with Gasteiger partial charge in [-0.1, -0.05) is 44.9 Å². The van der Waals surface area contributed by atoms with E-state index >= 15 is 0 Å². The zero-order chi connectivity index (χ0) is 11.9. The Bertz CT molecular complexity index is 209. The van der Waals surface area contributed by atoms with Crippen molar-refractivity contribution in [2.75, 3.05) is 0 Å². The highest BCUT2D eigenvalue weighted by molar-refractivity contribution is 6.22. The predicted molar refractivity (Wildman–Crippen MR) is 66.4 cm³/mol. The van der Waals surface area contributed by atoms with Gasteiger partial charge < -0.3 is 0 Å². The highest BCUT2D eigenvalue weighted by Crippen LogP contribution is 2.31. The minimum atomic E-state index is -1.18. The van der Waals surface area contributed by atoms with Gasteiger partial charge in [-0.25, -0.2) is 0 Å². The number of nitrogens with zero attached hydrogens (tertiary/aromatic N) is 1. The fourth-order valence-corrected chi connectivity index (χ4v) is 2.60. The van der Waals surface area contributed by atoms with Gasteiger partial charge in [-0.2, -0.15) is 0 Å². The summed E-state index contributed by atoms with van der Waals surface area (Å²) >= 11 is 6.11. The van der Waals surface area contributed by atoms with Crippen molar-refractivity contribution >= 4 is 11.6 Å². The van der Waals surface area contributed by atoms with E-state index in [4.69, 9.17) is 11.6 Å². The second-order valence-electron chi connectivity index (χ2n) is 4.86. The molecule has 0 spiro atoms. The molecule has 0 amide bonds. The zero-order valence-corrected chi connectivity index (χ0v) is 10.7. The Morgan fingerprint density at radius 2 is 1.12 bits per heavy atom. The lowest BCUT2D eigenvalue weighted by Crippen LogP contribution is -2.31. The van der Waals surface area contributed by atoms with E-state index in [2.05, 4.69) is 0 Å². The third kappa shape index (κ3) is 4.69. The van der Waals surface area contributed by atoms with Gasteiger partial charge in [0.2, 0.25) is 0 Å². The fraction of sp³-hybridized carbons (Fsp3) is 1.00. The van der Waals surface area contributed by atoms with Crippen LogP contribution in [0.4, 0.5) is 0 Å². The van der Waals surface area contributed by atoms with Crippen molar-refractivity contribution in [2.24, 2.45) is 0 Å². The molecule has 0 heterocycles. The largest absolute Gasteiger partial charge is 0.294 e. The first kappa shape index (κ1) is 13.8. The topological polar surface area (TPSA) is 43.1 Å². The summed E-state index contributed by atoms with van der Waals surface area (Å²) in [5.74, 6) is 0. The van der Waals surface area contributed by atoms with Crippen molar-refractivity contribution in [3.63, 3.8) is 0 Å². The lowest BCUT2D eigenvalue weighted by molar-refractivity contribution is -0.544. The SMILES string of the molecule is O=[N+]([O-])C1(Cl)CCCCCCCCCCC1. The molecule has 0 aromatic heterocycles. The first-order valence-corrected chi connectivity index (χ1v) is 6.86. The van der Waals surface area contributed by atoms with Gasteiger partial charge in [0.05, 0.1) is 0 Å². The molecule has 3 nitrogen and oxygen atoms in total. The van der Waals surface area contributed by atoms with E-state index < -0.39 is 5.00 Å². The fourth-order valence-electron chi connectivity index (χ4n) is 2.34. The molecule has 94 valence electrons. The summed E-state index contributed by atoms with van der Waals surface area (Å²) in [6.07, 6.45) is 11.3. The molecule has 0 N–H and O–H groups in total. The van der Waals surface area contributed by atoms with Gasteiger partial charge in [-0.15, -0.1) is 0 Å². The molecular formula is C12H22ClNO2. The second-order valence-corrected chi connectivity index (χ2v) is 5.56. The lowest BCUT2D eigenvalue weighted by atomic mass is 9.98. The minimum Gasteiger partial charge on any atom is -0.263 e. The van der Waals surface area contributed by atoms with Gasteiger partial charge in [-0.05, 0) is 24.4 Å².